The average molecular weight is 434 g/mol. The van der Waals surface area contributed by atoms with Crippen molar-refractivity contribution in [2.75, 3.05) is 20.2 Å². The number of fused-ring (bicyclic) bond motifs is 1. The fourth-order valence-electron chi connectivity index (χ4n) is 5.71. The first kappa shape index (κ1) is 22.9. The van der Waals surface area contributed by atoms with Gasteiger partial charge in [0.1, 0.15) is 5.76 Å². The first-order valence-corrected chi connectivity index (χ1v) is 12.1. The van der Waals surface area contributed by atoms with Crippen molar-refractivity contribution < 1.29 is 9.15 Å². The summed E-state index contributed by atoms with van der Waals surface area (Å²) in [5.41, 5.74) is 5.53. The van der Waals surface area contributed by atoms with E-state index in [1.54, 1.807) is 12.7 Å². The number of furan rings is 1. The number of benzene rings is 2. The maximum absolute atomic E-state index is 5.97. The highest BCUT2D eigenvalue weighted by atomic mass is 16.5. The maximum Gasteiger partial charge on any atom is 0.176 e. The second kappa shape index (κ2) is 8.94. The number of piperidine rings is 1. The smallest absolute Gasteiger partial charge is 0.176 e. The third kappa shape index (κ3) is 4.45. The molecule has 0 saturated carbocycles. The summed E-state index contributed by atoms with van der Waals surface area (Å²) in [5.74, 6) is 3.50. The zero-order chi connectivity index (χ0) is 23.0. The largest absolute Gasteiger partial charge is 0.493 e. The predicted molar refractivity (Wildman–Crippen MR) is 134 cm³/mol. The molecule has 3 heteroatoms. The van der Waals surface area contributed by atoms with E-state index in [9.17, 15) is 0 Å². The van der Waals surface area contributed by atoms with Crippen LogP contribution in [0, 0.1) is 18.3 Å². The summed E-state index contributed by atoms with van der Waals surface area (Å²) in [6.07, 6.45) is 1.23. The molecule has 3 aromatic rings. The van der Waals surface area contributed by atoms with Gasteiger partial charge in [-0.3, -0.25) is 4.90 Å². The summed E-state index contributed by atoms with van der Waals surface area (Å²) in [4.78, 5) is 2.65. The van der Waals surface area contributed by atoms with Gasteiger partial charge in [-0.2, -0.15) is 0 Å². The van der Waals surface area contributed by atoms with Gasteiger partial charge >= 0.3 is 0 Å². The molecule has 1 aliphatic rings. The molecule has 32 heavy (non-hydrogen) atoms. The van der Waals surface area contributed by atoms with Gasteiger partial charge in [0.15, 0.2) is 11.3 Å². The average Bonchev–Trinajstić information content (AvgIpc) is 3.15. The molecule has 0 aliphatic carbocycles. The van der Waals surface area contributed by atoms with Crippen LogP contribution in [0.4, 0.5) is 0 Å². The molecule has 1 aromatic heterocycles. The van der Waals surface area contributed by atoms with Crippen LogP contribution in [0.1, 0.15) is 75.3 Å². The number of hydrogen-bond donors (Lipinski definition) is 0. The Balaban J connectivity index is 1.67. The van der Waals surface area contributed by atoms with E-state index in [4.69, 9.17) is 9.15 Å². The normalized spacial score (nSPS) is 20.2. The van der Waals surface area contributed by atoms with Crippen LogP contribution in [-0.2, 0) is 6.54 Å². The second-order valence-electron chi connectivity index (χ2n) is 10.9. The molecule has 2 unspecified atom stereocenters. The first-order valence-electron chi connectivity index (χ1n) is 12.1. The minimum absolute atomic E-state index is 0.288. The van der Waals surface area contributed by atoms with Crippen molar-refractivity contribution >= 4 is 11.0 Å². The van der Waals surface area contributed by atoms with E-state index in [1.165, 1.54) is 22.9 Å². The Morgan fingerprint density at radius 1 is 1.12 bits per heavy atom. The topological polar surface area (TPSA) is 25.6 Å². The van der Waals surface area contributed by atoms with Crippen LogP contribution < -0.4 is 4.74 Å². The standard InChI is InChI=1S/C29H39NO2/c1-19(2)22-10-8-9-11-23(22)25-18-30(15-14-26(25)29(4,5)6)17-21-12-13-27(31-7)28-24(21)16-20(3)32-28/h8-13,16,19,25-26H,14-15,17-18H2,1-7H3. The van der Waals surface area contributed by atoms with Crippen molar-refractivity contribution in [1.82, 2.24) is 4.90 Å². The van der Waals surface area contributed by atoms with Gasteiger partial charge in [0, 0.05) is 24.4 Å². The lowest BCUT2D eigenvalue weighted by atomic mass is 9.66. The monoisotopic (exact) mass is 433 g/mol. The zero-order valence-corrected chi connectivity index (χ0v) is 20.9. The lowest BCUT2D eigenvalue weighted by molar-refractivity contribution is 0.0830. The van der Waals surface area contributed by atoms with Crippen LogP contribution in [0.15, 0.2) is 46.9 Å². The molecule has 0 N–H and O–H groups in total. The third-order valence-corrected chi connectivity index (χ3v) is 7.30. The van der Waals surface area contributed by atoms with Gasteiger partial charge in [-0.05, 0) is 66.0 Å². The number of methoxy groups -OCH3 is 1. The molecule has 2 heterocycles. The van der Waals surface area contributed by atoms with Gasteiger partial charge in [0.2, 0.25) is 0 Å². The number of aryl methyl sites for hydroxylation is 1. The second-order valence-corrected chi connectivity index (χ2v) is 10.9. The van der Waals surface area contributed by atoms with Crippen molar-refractivity contribution in [3.63, 3.8) is 0 Å². The Morgan fingerprint density at radius 2 is 1.88 bits per heavy atom. The van der Waals surface area contributed by atoms with Crippen molar-refractivity contribution in [2.45, 2.75) is 66.3 Å². The SMILES string of the molecule is COc1ccc(CN2CCC(C(C)(C)C)C(c3ccccc3C(C)C)C2)c2cc(C)oc12. The van der Waals surface area contributed by atoms with Crippen molar-refractivity contribution in [3.8, 4) is 5.75 Å². The van der Waals surface area contributed by atoms with Gasteiger partial charge in [-0.15, -0.1) is 0 Å². The van der Waals surface area contributed by atoms with Crippen LogP contribution in [0.5, 0.6) is 5.75 Å². The molecule has 0 amide bonds. The molecule has 1 aliphatic heterocycles. The Bertz CT molecular complexity index is 1070. The summed E-state index contributed by atoms with van der Waals surface area (Å²) >= 11 is 0. The minimum Gasteiger partial charge on any atom is -0.493 e. The predicted octanol–water partition coefficient (Wildman–Crippen LogP) is 7.53. The molecule has 172 valence electrons. The van der Waals surface area contributed by atoms with E-state index < -0.39 is 0 Å². The number of likely N-dealkylation sites (tertiary alicyclic amines) is 1. The summed E-state index contributed by atoms with van der Waals surface area (Å²) in [6, 6.07) is 15.5. The Hall–Kier alpha value is -2.26. The molecule has 1 saturated heterocycles. The number of ether oxygens (including phenoxy) is 1. The highest BCUT2D eigenvalue weighted by Crippen LogP contribution is 2.45. The highest BCUT2D eigenvalue weighted by molar-refractivity contribution is 5.87. The quantitative estimate of drug-likeness (QED) is 0.416. The molecular formula is C29H39NO2. The summed E-state index contributed by atoms with van der Waals surface area (Å²) in [5, 5.41) is 1.18. The fourth-order valence-corrected chi connectivity index (χ4v) is 5.71. The molecule has 0 spiro atoms. The van der Waals surface area contributed by atoms with Crippen LogP contribution >= 0.6 is 0 Å². The van der Waals surface area contributed by atoms with Gasteiger partial charge in [-0.1, -0.05) is 65.0 Å². The summed E-state index contributed by atoms with van der Waals surface area (Å²) < 4.78 is 11.5. The number of rotatable bonds is 5. The first-order chi connectivity index (χ1) is 15.2. The molecular weight excluding hydrogens is 394 g/mol. The van der Waals surface area contributed by atoms with E-state index in [0.29, 0.717) is 17.8 Å². The molecule has 2 atom stereocenters. The van der Waals surface area contributed by atoms with E-state index >= 15 is 0 Å². The molecule has 0 bridgehead atoms. The Morgan fingerprint density at radius 3 is 2.56 bits per heavy atom. The molecule has 1 fully saturated rings. The highest BCUT2D eigenvalue weighted by Gasteiger charge is 2.38. The van der Waals surface area contributed by atoms with Crippen molar-refractivity contribution in [2.24, 2.45) is 11.3 Å². The van der Waals surface area contributed by atoms with Gasteiger partial charge in [0.25, 0.3) is 0 Å². The zero-order valence-electron chi connectivity index (χ0n) is 20.9. The summed E-state index contributed by atoms with van der Waals surface area (Å²) in [6.45, 7) is 17.1. The van der Waals surface area contributed by atoms with E-state index in [2.05, 4.69) is 75.9 Å². The molecule has 0 radical (unpaired) electrons. The summed E-state index contributed by atoms with van der Waals surface area (Å²) in [7, 11) is 1.71. The molecule has 3 nitrogen and oxygen atoms in total. The lowest BCUT2D eigenvalue weighted by Gasteiger charge is -2.45. The molecule has 2 aromatic carbocycles. The van der Waals surface area contributed by atoms with E-state index in [0.717, 1.165) is 36.7 Å². The van der Waals surface area contributed by atoms with Crippen LogP contribution in [0.2, 0.25) is 0 Å². The van der Waals surface area contributed by atoms with Crippen LogP contribution in [0.3, 0.4) is 0 Å². The van der Waals surface area contributed by atoms with Crippen molar-refractivity contribution in [3.05, 3.63) is 64.9 Å². The maximum atomic E-state index is 5.97. The minimum atomic E-state index is 0.288. The fraction of sp³-hybridized carbons (Fsp3) is 0.517. The third-order valence-electron chi connectivity index (χ3n) is 7.30. The number of nitrogens with zero attached hydrogens (tertiary/aromatic N) is 1. The van der Waals surface area contributed by atoms with Gasteiger partial charge < -0.3 is 9.15 Å². The van der Waals surface area contributed by atoms with Gasteiger partial charge in [0.05, 0.1) is 7.11 Å². The Labute approximate surface area is 193 Å². The van der Waals surface area contributed by atoms with Crippen molar-refractivity contribution in [1.29, 1.82) is 0 Å². The van der Waals surface area contributed by atoms with Crippen LogP contribution in [-0.4, -0.2) is 25.1 Å². The number of hydrogen-bond acceptors (Lipinski definition) is 3. The van der Waals surface area contributed by atoms with Gasteiger partial charge in [-0.25, -0.2) is 0 Å². The Kier molecular flexibility index (Phi) is 6.40. The van der Waals surface area contributed by atoms with Crippen LogP contribution in [0.25, 0.3) is 11.0 Å². The lowest BCUT2D eigenvalue weighted by Crippen LogP contribution is -2.43. The van der Waals surface area contributed by atoms with E-state index in [-0.39, 0.29) is 5.41 Å². The van der Waals surface area contributed by atoms with E-state index in [1.807, 2.05) is 13.0 Å². The molecule has 4 rings (SSSR count).